The Labute approximate surface area is 131 Å². The summed E-state index contributed by atoms with van der Waals surface area (Å²) in [5.74, 6) is 1.37. The van der Waals surface area contributed by atoms with Crippen LogP contribution in [0, 0.1) is 11.8 Å². The molecule has 0 saturated heterocycles. The maximum absolute atomic E-state index is 11.3. The highest BCUT2D eigenvalue weighted by Gasteiger charge is 2.01. The number of ether oxygens (including phenoxy) is 1. The summed E-state index contributed by atoms with van der Waals surface area (Å²) in [5, 5.41) is 0. The van der Waals surface area contributed by atoms with Crippen molar-refractivity contribution in [3.05, 3.63) is 23.8 Å². The van der Waals surface area contributed by atoms with E-state index >= 15 is 0 Å². The first kappa shape index (κ1) is 19.9. The van der Waals surface area contributed by atoms with Crippen LogP contribution in [0.15, 0.2) is 23.8 Å². The van der Waals surface area contributed by atoms with E-state index in [0.717, 1.165) is 23.8 Å². The molecule has 0 rings (SSSR count). The van der Waals surface area contributed by atoms with Crippen molar-refractivity contribution >= 4 is 5.97 Å². The smallest absolute Gasteiger partial charge is 0.330 e. The summed E-state index contributed by atoms with van der Waals surface area (Å²) in [6.07, 6.45) is 13.4. The van der Waals surface area contributed by atoms with E-state index in [0.29, 0.717) is 6.61 Å². The van der Waals surface area contributed by atoms with Gasteiger partial charge in [-0.25, -0.2) is 4.79 Å². The van der Waals surface area contributed by atoms with Gasteiger partial charge in [0.2, 0.25) is 0 Å². The van der Waals surface area contributed by atoms with Gasteiger partial charge in [-0.1, -0.05) is 58.6 Å². The third-order valence-corrected chi connectivity index (χ3v) is 3.57. The summed E-state index contributed by atoms with van der Waals surface area (Å²) in [6, 6.07) is 0. The molecular weight excluding hydrogens is 260 g/mol. The van der Waals surface area contributed by atoms with Gasteiger partial charge in [0.25, 0.3) is 0 Å². The minimum Gasteiger partial charge on any atom is -0.463 e. The van der Waals surface area contributed by atoms with Crippen molar-refractivity contribution in [2.24, 2.45) is 11.8 Å². The van der Waals surface area contributed by atoms with Crippen molar-refractivity contribution in [2.45, 2.75) is 73.1 Å². The molecule has 0 spiro atoms. The molecule has 0 saturated carbocycles. The standard InChI is InChI=1S/C19H34O2/c1-6-21-19(20)15-18(5)14-10-9-13-17(4)12-8-7-11-16(2)3/h10,14-17H,6-9,11-13H2,1-5H3/b14-10+,18-15+. The van der Waals surface area contributed by atoms with Crippen molar-refractivity contribution in [3.8, 4) is 0 Å². The molecule has 0 aliphatic rings. The lowest BCUT2D eigenvalue weighted by molar-refractivity contribution is -0.137. The Hall–Kier alpha value is -1.05. The molecule has 0 radical (unpaired) electrons. The first-order valence-electron chi connectivity index (χ1n) is 8.47. The number of hydrogen-bond donors (Lipinski definition) is 0. The average molecular weight is 294 g/mol. The molecule has 0 N–H and O–H groups in total. The third kappa shape index (κ3) is 13.7. The Bertz CT molecular complexity index is 326. The molecular formula is C19H34O2. The number of unbranched alkanes of at least 4 members (excludes halogenated alkanes) is 1. The normalized spacial score (nSPS) is 13.9. The van der Waals surface area contributed by atoms with Gasteiger partial charge in [0.1, 0.15) is 0 Å². The monoisotopic (exact) mass is 294 g/mol. The summed E-state index contributed by atoms with van der Waals surface area (Å²) in [6.45, 7) is 11.1. The molecule has 122 valence electrons. The molecule has 0 fully saturated rings. The summed E-state index contributed by atoms with van der Waals surface area (Å²) in [7, 11) is 0. The van der Waals surface area contributed by atoms with Crippen molar-refractivity contribution < 1.29 is 9.53 Å². The minimum atomic E-state index is -0.252. The van der Waals surface area contributed by atoms with E-state index in [2.05, 4.69) is 26.8 Å². The van der Waals surface area contributed by atoms with Crippen molar-refractivity contribution in [1.29, 1.82) is 0 Å². The maximum atomic E-state index is 11.3. The molecule has 2 nitrogen and oxygen atoms in total. The highest BCUT2D eigenvalue weighted by Crippen LogP contribution is 2.17. The number of hydrogen-bond acceptors (Lipinski definition) is 2. The average Bonchev–Trinajstić information content (AvgIpc) is 2.39. The van der Waals surface area contributed by atoms with Gasteiger partial charge in [0.15, 0.2) is 0 Å². The molecule has 0 amide bonds. The summed E-state index contributed by atoms with van der Waals surface area (Å²) in [5.41, 5.74) is 0.957. The minimum absolute atomic E-state index is 0.252. The number of allylic oxidation sites excluding steroid dienone is 3. The Morgan fingerprint density at radius 2 is 1.76 bits per heavy atom. The molecule has 0 aromatic heterocycles. The van der Waals surface area contributed by atoms with Crippen LogP contribution >= 0.6 is 0 Å². The Morgan fingerprint density at radius 1 is 1.10 bits per heavy atom. The topological polar surface area (TPSA) is 26.3 Å². The maximum Gasteiger partial charge on any atom is 0.330 e. The van der Waals surface area contributed by atoms with Gasteiger partial charge in [0.05, 0.1) is 6.61 Å². The number of carbonyl (C=O) groups is 1. The van der Waals surface area contributed by atoms with E-state index in [9.17, 15) is 4.79 Å². The van der Waals surface area contributed by atoms with Gasteiger partial charge in [-0.2, -0.15) is 0 Å². The van der Waals surface area contributed by atoms with Crippen molar-refractivity contribution in [3.63, 3.8) is 0 Å². The molecule has 1 atom stereocenters. The summed E-state index contributed by atoms with van der Waals surface area (Å²) >= 11 is 0. The van der Waals surface area contributed by atoms with E-state index in [-0.39, 0.29) is 5.97 Å². The lowest BCUT2D eigenvalue weighted by Gasteiger charge is -2.10. The fraction of sp³-hybridized carbons (Fsp3) is 0.737. The van der Waals surface area contributed by atoms with Crippen LogP contribution in [-0.2, 0) is 9.53 Å². The molecule has 21 heavy (non-hydrogen) atoms. The second kappa shape index (κ2) is 12.7. The lowest BCUT2D eigenvalue weighted by atomic mass is 9.96. The Balaban J connectivity index is 3.76. The predicted octanol–water partition coefficient (Wildman–Crippen LogP) is 5.68. The van der Waals surface area contributed by atoms with Crippen LogP contribution in [0.3, 0.4) is 0 Å². The van der Waals surface area contributed by atoms with E-state index in [4.69, 9.17) is 4.74 Å². The quantitative estimate of drug-likeness (QED) is 0.212. The van der Waals surface area contributed by atoms with Gasteiger partial charge < -0.3 is 4.74 Å². The van der Waals surface area contributed by atoms with E-state index < -0.39 is 0 Å². The SMILES string of the molecule is CCOC(=O)/C=C(C)/C=C/CCC(C)CCCCC(C)C. The van der Waals surface area contributed by atoms with Gasteiger partial charge in [0, 0.05) is 6.08 Å². The highest BCUT2D eigenvalue weighted by atomic mass is 16.5. The van der Waals surface area contributed by atoms with Crippen LogP contribution in [0.1, 0.15) is 73.1 Å². The molecule has 0 heterocycles. The molecule has 0 aliphatic heterocycles. The molecule has 1 unspecified atom stereocenters. The predicted molar refractivity (Wildman–Crippen MR) is 91.2 cm³/mol. The van der Waals surface area contributed by atoms with Gasteiger partial charge in [-0.05, 0) is 44.1 Å². The number of esters is 1. The van der Waals surface area contributed by atoms with Crippen LogP contribution in [0.5, 0.6) is 0 Å². The largest absolute Gasteiger partial charge is 0.463 e. The van der Waals surface area contributed by atoms with Gasteiger partial charge in [-0.3, -0.25) is 0 Å². The molecule has 0 aliphatic carbocycles. The summed E-state index contributed by atoms with van der Waals surface area (Å²) in [4.78, 5) is 11.3. The van der Waals surface area contributed by atoms with Gasteiger partial charge in [-0.15, -0.1) is 0 Å². The molecule has 0 bridgehead atoms. The first-order chi connectivity index (χ1) is 9.95. The van der Waals surface area contributed by atoms with E-state index in [1.54, 1.807) is 6.08 Å². The Morgan fingerprint density at radius 3 is 2.38 bits per heavy atom. The zero-order valence-electron chi connectivity index (χ0n) is 14.7. The Kier molecular flexibility index (Phi) is 12.0. The fourth-order valence-electron chi connectivity index (χ4n) is 2.26. The van der Waals surface area contributed by atoms with Crippen LogP contribution in [0.2, 0.25) is 0 Å². The first-order valence-corrected chi connectivity index (χ1v) is 8.47. The second-order valence-electron chi connectivity index (χ2n) is 6.40. The van der Waals surface area contributed by atoms with Gasteiger partial charge >= 0.3 is 5.97 Å². The number of rotatable bonds is 11. The molecule has 0 aromatic rings. The van der Waals surface area contributed by atoms with Crippen molar-refractivity contribution in [1.82, 2.24) is 0 Å². The lowest BCUT2D eigenvalue weighted by Crippen LogP contribution is -1.99. The fourth-order valence-corrected chi connectivity index (χ4v) is 2.26. The van der Waals surface area contributed by atoms with Crippen LogP contribution < -0.4 is 0 Å². The molecule has 0 aromatic carbocycles. The van der Waals surface area contributed by atoms with Crippen molar-refractivity contribution in [2.75, 3.05) is 6.61 Å². The zero-order chi connectivity index (χ0) is 16.1. The van der Waals surface area contributed by atoms with Crippen LogP contribution in [-0.4, -0.2) is 12.6 Å². The van der Waals surface area contributed by atoms with E-state index in [1.165, 1.54) is 32.1 Å². The highest BCUT2D eigenvalue weighted by molar-refractivity contribution is 5.83. The second-order valence-corrected chi connectivity index (χ2v) is 6.40. The van der Waals surface area contributed by atoms with Crippen LogP contribution in [0.4, 0.5) is 0 Å². The van der Waals surface area contributed by atoms with Crippen LogP contribution in [0.25, 0.3) is 0 Å². The molecule has 2 heteroatoms. The van der Waals surface area contributed by atoms with E-state index in [1.807, 2.05) is 19.9 Å². The third-order valence-electron chi connectivity index (χ3n) is 3.57. The number of carbonyl (C=O) groups excluding carboxylic acids is 1. The summed E-state index contributed by atoms with van der Waals surface area (Å²) < 4.78 is 4.88. The zero-order valence-corrected chi connectivity index (χ0v) is 14.7.